The van der Waals surface area contributed by atoms with Crippen LogP contribution in [0.5, 0.6) is 5.75 Å². The molecule has 1 aliphatic rings. The lowest BCUT2D eigenvalue weighted by Crippen LogP contribution is -2.25. The highest BCUT2D eigenvalue weighted by atomic mass is 19.4. The first-order valence-corrected chi connectivity index (χ1v) is 12.4. The topological polar surface area (TPSA) is 47.4 Å². The number of imidazole rings is 1. The number of anilines is 1. The van der Waals surface area contributed by atoms with E-state index < -0.39 is 11.7 Å². The third kappa shape index (κ3) is 5.48. The van der Waals surface area contributed by atoms with E-state index in [9.17, 15) is 18.0 Å². The fraction of sp³-hybridized carbons (Fsp3) is 0.310. The number of alkyl halides is 3. The van der Waals surface area contributed by atoms with E-state index in [1.165, 1.54) is 16.5 Å². The molecule has 1 saturated heterocycles. The Kier molecular flexibility index (Phi) is 6.91. The molecule has 5 rings (SSSR count). The minimum atomic E-state index is -4.46. The molecule has 1 fully saturated rings. The van der Waals surface area contributed by atoms with Crippen LogP contribution in [0.25, 0.3) is 11.0 Å². The second-order valence-electron chi connectivity index (χ2n) is 9.43. The molecule has 0 unspecified atom stereocenters. The zero-order valence-corrected chi connectivity index (χ0v) is 20.5. The molecule has 0 radical (unpaired) electrons. The number of ether oxygens (including phenoxy) is 1. The number of hydrogen-bond acceptors (Lipinski definition) is 3. The van der Waals surface area contributed by atoms with Crippen LogP contribution in [0.4, 0.5) is 18.9 Å². The van der Waals surface area contributed by atoms with Gasteiger partial charge in [0.1, 0.15) is 11.6 Å². The van der Waals surface area contributed by atoms with E-state index in [-0.39, 0.29) is 23.9 Å². The summed E-state index contributed by atoms with van der Waals surface area (Å²) in [5.41, 5.74) is 2.52. The van der Waals surface area contributed by atoms with Gasteiger partial charge in [-0.15, -0.1) is 0 Å². The SMILES string of the molecule is Cc1ccc(OCCCCn2c([C@@H]3CC(=O)N(c4cccc(C(F)(F)F)c4)C3)nc3ccccc32)cc1. The standard InChI is InChI=1S/C29H28F3N3O2/c1-20-11-13-24(14-12-20)37-16-5-4-15-34-26-10-3-2-9-25(26)33-28(34)21-17-27(36)35(19-21)23-8-6-7-22(18-23)29(30,31)32/h2-3,6-14,18,21H,4-5,15-17,19H2,1H3/t21-/m1/s1. The van der Waals surface area contributed by atoms with Gasteiger partial charge in [0.15, 0.2) is 0 Å². The quantitative estimate of drug-likeness (QED) is 0.248. The molecule has 0 N–H and O–H groups in total. The molecule has 0 spiro atoms. The molecule has 8 heteroatoms. The number of unbranched alkanes of at least 4 members (excludes halogenated alkanes) is 1. The smallest absolute Gasteiger partial charge is 0.416 e. The minimum Gasteiger partial charge on any atom is -0.494 e. The third-order valence-corrected chi connectivity index (χ3v) is 6.73. The third-order valence-electron chi connectivity index (χ3n) is 6.73. The largest absolute Gasteiger partial charge is 0.494 e. The van der Waals surface area contributed by atoms with Gasteiger partial charge < -0.3 is 14.2 Å². The monoisotopic (exact) mass is 507 g/mol. The normalized spacial score (nSPS) is 16.1. The maximum Gasteiger partial charge on any atom is 0.416 e. The molecular formula is C29H28F3N3O2. The Hall–Kier alpha value is -3.81. The molecule has 4 aromatic rings. The zero-order chi connectivity index (χ0) is 26.0. The van der Waals surface area contributed by atoms with Crippen LogP contribution in [0, 0.1) is 6.92 Å². The van der Waals surface area contributed by atoms with Crippen LogP contribution in [0.2, 0.25) is 0 Å². The number of rotatable bonds is 8. The summed E-state index contributed by atoms with van der Waals surface area (Å²) in [6.07, 6.45) is -2.55. The number of fused-ring (bicyclic) bond motifs is 1. The van der Waals surface area contributed by atoms with E-state index >= 15 is 0 Å². The first-order valence-electron chi connectivity index (χ1n) is 12.4. The lowest BCUT2D eigenvalue weighted by atomic mass is 10.1. The molecule has 192 valence electrons. The van der Waals surface area contributed by atoms with Crippen molar-refractivity contribution in [3.8, 4) is 5.75 Å². The Morgan fingerprint density at radius 2 is 1.78 bits per heavy atom. The number of carbonyl (C=O) groups is 1. The molecule has 37 heavy (non-hydrogen) atoms. The second-order valence-corrected chi connectivity index (χ2v) is 9.43. The van der Waals surface area contributed by atoms with E-state index in [0.29, 0.717) is 19.7 Å². The van der Waals surface area contributed by atoms with Crippen LogP contribution >= 0.6 is 0 Å². The van der Waals surface area contributed by atoms with Gasteiger partial charge in [-0.25, -0.2) is 4.98 Å². The number of hydrogen-bond donors (Lipinski definition) is 0. The van der Waals surface area contributed by atoms with Gasteiger partial charge in [-0.3, -0.25) is 4.79 Å². The van der Waals surface area contributed by atoms with Gasteiger partial charge in [0.05, 0.1) is 23.2 Å². The van der Waals surface area contributed by atoms with Crippen molar-refractivity contribution in [2.24, 2.45) is 0 Å². The average molecular weight is 508 g/mol. The van der Waals surface area contributed by atoms with Crippen LogP contribution in [0.3, 0.4) is 0 Å². The van der Waals surface area contributed by atoms with Crippen LogP contribution in [0.15, 0.2) is 72.8 Å². The molecule has 5 nitrogen and oxygen atoms in total. The van der Waals surface area contributed by atoms with Gasteiger partial charge in [-0.2, -0.15) is 13.2 Å². The van der Waals surface area contributed by atoms with Gasteiger partial charge in [0.2, 0.25) is 5.91 Å². The molecule has 1 aromatic heterocycles. The molecule has 1 amide bonds. The van der Waals surface area contributed by atoms with Crippen molar-refractivity contribution in [2.45, 2.75) is 44.8 Å². The summed E-state index contributed by atoms with van der Waals surface area (Å²) in [5, 5.41) is 0. The molecule has 2 heterocycles. The average Bonchev–Trinajstić information content (AvgIpc) is 3.45. The zero-order valence-electron chi connectivity index (χ0n) is 20.5. The van der Waals surface area contributed by atoms with Gasteiger partial charge in [0.25, 0.3) is 0 Å². The van der Waals surface area contributed by atoms with Crippen molar-refractivity contribution in [3.63, 3.8) is 0 Å². The fourth-order valence-corrected chi connectivity index (χ4v) is 4.82. The van der Waals surface area contributed by atoms with Crippen molar-refractivity contribution in [2.75, 3.05) is 18.1 Å². The Labute approximate surface area is 213 Å². The summed E-state index contributed by atoms with van der Waals surface area (Å²) in [5.74, 6) is 1.23. The van der Waals surface area contributed by atoms with Gasteiger partial charge in [-0.05, 0) is 62.2 Å². The van der Waals surface area contributed by atoms with Gasteiger partial charge in [-0.1, -0.05) is 35.9 Å². The maximum atomic E-state index is 13.2. The number of aromatic nitrogens is 2. The van der Waals surface area contributed by atoms with Crippen LogP contribution in [-0.2, 0) is 17.5 Å². The van der Waals surface area contributed by atoms with E-state index in [2.05, 4.69) is 4.57 Å². The second kappa shape index (κ2) is 10.3. The van der Waals surface area contributed by atoms with Crippen LogP contribution < -0.4 is 9.64 Å². The van der Waals surface area contributed by atoms with E-state index in [4.69, 9.17) is 9.72 Å². The summed E-state index contributed by atoms with van der Waals surface area (Å²) < 4.78 is 47.7. The number of aryl methyl sites for hydroxylation is 2. The van der Waals surface area contributed by atoms with Crippen molar-refractivity contribution in [1.29, 1.82) is 0 Å². The summed E-state index contributed by atoms with van der Waals surface area (Å²) in [4.78, 5) is 19.2. The Bertz CT molecular complexity index is 1400. The lowest BCUT2D eigenvalue weighted by Gasteiger charge is -2.19. The molecule has 1 atom stereocenters. The summed E-state index contributed by atoms with van der Waals surface area (Å²) in [6.45, 7) is 3.63. The van der Waals surface area contributed by atoms with E-state index in [1.807, 2.05) is 55.5 Å². The summed E-state index contributed by atoms with van der Waals surface area (Å²) >= 11 is 0. The predicted molar refractivity (Wildman–Crippen MR) is 137 cm³/mol. The number of amides is 1. The van der Waals surface area contributed by atoms with Crippen molar-refractivity contribution in [3.05, 3.63) is 89.7 Å². The van der Waals surface area contributed by atoms with Crippen molar-refractivity contribution < 1.29 is 22.7 Å². The van der Waals surface area contributed by atoms with Crippen LogP contribution in [0.1, 0.15) is 42.1 Å². The predicted octanol–water partition coefficient (Wildman–Crippen LogP) is 6.74. The Balaban J connectivity index is 1.30. The van der Waals surface area contributed by atoms with Gasteiger partial charge in [0, 0.05) is 31.1 Å². The highest BCUT2D eigenvalue weighted by Gasteiger charge is 2.36. The number of halogens is 3. The summed E-state index contributed by atoms with van der Waals surface area (Å²) in [6, 6.07) is 20.7. The highest BCUT2D eigenvalue weighted by molar-refractivity contribution is 5.96. The number of carbonyl (C=O) groups excluding carboxylic acids is 1. The molecular weight excluding hydrogens is 479 g/mol. The molecule has 1 aliphatic heterocycles. The molecule has 0 bridgehead atoms. The highest BCUT2D eigenvalue weighted by Crippen LogP contribution is 2.36. The maximum absolute atomic E-state index is 13.2. The van der Waals surface area contributed by atoms with E-state index in [1.54, 1.807) is 6.07 Å². The van der Waals surface area contributed by atoms with Crippen molar-refractivity contribution >= 4 is 22.6 Å². The first-order chi connectivity index (χ1) is 17.8. The fourth-order valence-electron chi connectivity index (χ4n) is 4.82. The van der Waals surface area contributed by atoms with E-state index in [0.717, 1.165) is 47.6 Å². The molecule has 0 aliphatic carbocycles. The number of nitrogens with zero attached hydrogens (tertiary/aromatic N) is 3. The molecule has 3 aromatic carbocycles. The van der Waals surface area contributed by atoms with Gasteiger partial charge >= 0.3 is 6.18 Å². The number of benzene rings is 3. The first kappa shape index (κ1) is 24.9. The van der Waals surface area contributed by atoms with Crippen molar-refractivity contribution in [1.82, 2.24) is 9.55 Å². The lowest BCUT2D eigenvalue weighted by molar-refractivity contribution is -0.137. The van der Waals surface area contributed by atoms with Crippen LogP contribution in [-0.4, -0.2) is 28.6 Å². The summed E-state index contributed by atoms with van der Waals surface area (Å²) in [7, 11) is 0. The number of para-hydroxylation sites is 2. The Morgan fingerprint density at radius 1 is 1.00 bits per heavy atom. The minimum absolute atomic E-state index is 0.200. The Morgan fingerprint density at radius 3 is 2.57 bits per heavy atom. The molecule has 0 saturated carbocycles.